The zero-order valence-electron chi connectivity index (χ0n) is 20.1. The van der Waals surface area contributed by atoms with Gasteiger partial charge in [0.15, 0.2) is 0 Å². The first-order valence-electron chi connectivity index (χ1n) is 12.0. The van der Waals surface area contributed by atoms with Gasteiger partial charge in [0.25, 0.3) is 0 Å². The van der Waals surface area contributed by atoms with Crippen LogP contribution in [0, 0.1) is 11.6 Å². The third kappa shape index (κ3) is 5.50. The number of rotatable bonds is 6. The van der Waals surface area contributed by atoms with E-state index in [9.17, 15) is 13.9 Å². The van der Waals surface area contributed by atoms with Crippen molar-refractivity contribution >= 4 is 38.4 Å². The summed E-state index contributed by atoms with van der Waals surface area (Å²) in [5.41, 5.74) is 1.61. The van der Waals surface area contributed by atoms with E-state index in [1.54, 1.807) is 19.2 Å². The molecule has 8 heteroatoms. The van der Waals surface area contributed by atoms with Gasteiger partial charge in [0.05, 0.1) is 18.2 Å². The quantitative estimate of drug-likeness (QED) is 0.261. The maximum Gasteiger partial charge on any atom is 0.217 e. The van der Waals surface area contributed by atoms with Crippen LogP contribution in [-0.4, -0.2) is 35.4 Å². The number of nitrogens with zero attached hydrogens (tertiary/aromatic N) is 1. The lowest BCUT2D eigenvalue weighted by molar-refractivity contribution is -0.0191. The summed E-state index contributed by atoms with van der Waals surface area (Å²) in [6.45, 7) is 0.531. The summed E-state index contributed by atoms with van der Waals surface area (Å²) >= 11 is 9.73. The van der Waals surface area contributed by atoms with Crippen LogP contribution in [0.4, 0.5) is 8.78 Å². The summed E-state index contributed by atoms with van der Waals surface area (Å²) in [6.07, 6.45) is 1.13. The molecule has 0 saturated carbocycles. The van der Waals surface area contributed by atoms with Gasteiger partial charge in [-0.15, -0.1) is 0 Å². The molecule has 5 rings (SSSR count). The number of pyridine rings is 1. The molecular formula is C29H26BrClF2N2O2. The highest BCUT2D eigenvalue weighted by atomic mass is 79.9. The lowest BCUT2D eigenvalue weighted by Gasteiger charge is -2.43. The second kappa shape index (κ2) is 10.7. The molecule has 0 spiro atoms. The molecule has 192 valence electrons. The van der Waals surface area contributed by atoms with Crippen molar-refractivity contribution in [3.63, 3.8) is 0 Å². The molecule has 4 aromatic rings. The number of fused-ring (bicyclic) bond motifs is 1. The van der Waals surface area contributed by atoms with Crippen LogP contribution in [0.15, 0.2) is 71.2 Å². The number of ether oxygens (including phenoxy) is 1. The molecule has 1 saturated heterocycles. The molecule has 3 unspecified atom stereocenters. The fourth-order valence-electron chi connectivity index (χ4n) is 5.40. The molecule has 2 heterocycles. The minimum absolute atomic E-state index is 0.220. The van der Waals surface area contributed by atoms with E-state index in [0.29, 0.717) is 42.3 Å². The zero-order valence-corrected chi connectivity index (χ0v) is 22.5. The van der Waals surface area contributed by atoms with Crippen molar-refractivity contribution in [2.24, 2.45) is 0 Å². The highest BCUT2D eigenvalue weighted by Gasteiger charge is 2.44. The van der Waals surface area contributed by atoms with Gasteiger partial charge in [-0.3, -0.25) is 0 Å². The molecule has 1 aliphatic heterocycles. The first-order valence-corrected chi connectivity index (χ1v) is 13.2. The Kier molecular flexibility index (Phi) is 7.50. The van der Waals surface area contributed by atoms with E-state index < -0.39 is 23.2 Å². The van der Waals surface area contributed by atoms with E-state index in [1.165, 1.54) is 12.1 Å². The van der Waals surface area contributed by atoms with Gasteiger partial charge in [-0.05, 0) is 79.4 Å². The Balaban J connectivity index is 1.59. The van der Waals surface area contributed by atoms with Crippen molar-refractivity contribution in [2.45, 2.75) is 36.8 Å². The third-order valence-corrected chi connectivity index (χ3v) is 7.83. The largest absolute Gasteiger partial charge is 0.481 e. The Labute approximate surface area is 227 Å². The Hall–Kier alpha value is -2.58. The molecule has 1 aliphatic rings. The molecule has 1 fully saturated rings. The maximum absolute atomic E-state index is 14.4. The lowest BCUT2D eigenvalue weighted by Crippen LogP contribution is -2.52. The number of nitrogens with one attached hydrogen (secondary N) is 1. The average molecular weight is 588 g/mol. The van der Waals surface area contributed by atoms with Crippen LogP contribution in [-0.2, 0) is 6.42 Å². The summed E-state index contributed by atoms with van der Waals surface area (Å²) in [5, 5.41) is 17.2. The molecule has 2 N–H and O–H groups in total. The van der Waals surface area contributed by atoms with Crippen LogP contribution in [0.25, 0.3) is 10.9 Å². The number of halogens is 4. The Morgan fingerprint density at radius 1 is 1.14 bits per heavy atom. The van der Waals surface area contributed by atoms with Gasteiger partial charge in [-0.25, -0.2) is 13.8 Å². The monoisotopic (exact) mass is 586 g/mol. The van der Waals surface area contributed by atoms with E-state index in [1.807, 2.05) is 36.4 Å². The summed E-state index contributed by atoms with van der Waals surface area (Å²) < 4.78 is 34.5. The average Bonchev–Trinajstić information content (AvgIpc) is 2.86. The van der Waals surface area contributed by atoms with Gasteiger partial charge < -0.3 is 15.2 Å². The highest BCUT2D eigenvalue weighted by Crippen LogP contribution is 2.45. The molecule has 4 nitrogen and oxygen atoms in total. The summed E-state index contributed by atoms with van der Waals surface area (Å²) in [4.78, 5) is 4.75. The number of aliphatic hydroxyl groups is 1. The first kappa shape index (κ1) is 26.0. The molecule has 3 atom stereocenters. The van der Waals surface area contributed by atoms with E-state index >= 15 is 0 Å². The SMILES string of the molecule is COc1nc2ccc(Br)cc2cc1C(c1ccc(Cl)cc1)C1(O)CCNC(Cc2ccc(F)cc2F)C1. The topological polar surface area (TPSA) is 54.4 Å². The lowest BCUT2D eigenvalue weighted by atomic mass is 9.70. The molecular weight excluding hydrogens is 562 g/mol. The highest BCUT2D eigenvalue weighted by molar-refractivity contribution is 9.10. The van der Waals surface area contributed by atoms with Gasteiger partial charge in [0.2, 0.25) is 5.88 Å². The van der Waals surface area contributed by atoms with Crippen molar-refractivity contribution in [1.82, 2.24) is 10.3 Å². The van der Waals surface area contributed by atoms with Gasteiger partial charge in [0, 0.05) is 38.5 Å². The Bertz CT molecular complexity index is 1440. The maximum atomic E-state index is 14.4. The second-order valence-electron chi connectivity index (χ2n) is 9.56. The van der Waals surface area contributed by atoms with Crippen LogP contribution in [0.5, 0.6) is 5.88 Å². The van der Waals surface area contributed by atoms with Crippen molar-refractivity contribution < 1.29 is 18.6 Å². The number of piperidine rings is 1. The van der Waals surface area contributed by atoms with Gasteiger partial charge in [0.1, 0.15) is 11.6 Å². The first-order chi connectivity index (χ1) is 17.8. The molecule has 0 amide bonds. The summed E-state index contributed by atoms with van der Waals surface area (Å²) in [5.74, 6) is -1.25. The predicted octanol–water partition coefficient (Wildman–Crippen LogP) is 6.80. The van der Waals surface area contributed by atoms with Gasteiger partial charge in [-0.2, -0.15) is 0 Å². The number of methoxy groups -OCH3 is 1. The Morgan fingerprint density at radius 2 is 1.92 bits per heavy atom. The minimum atomic E-state index is -1.20. The van der Waals surface area contributed by atoms with E-state index in [4.69, 9.17) is 21.3 Å². The van der Waals surface area contributed by atoms with Crippen LogP contribution in [0.1, 0.15) is 35.4 Å². The van der Waals surface area contributed by atoms with Gasteiger partial charge >= 0.3 is 0 Å². The van der Waals surface area contributed by atoms with E-state index in [2.05, 4.69) is 21.2 Å². The fraction of sp³-hybridized carbons (Fsp3) is 0.276. The molecule has 1 aromatic heterocycles. The van der Waals surface area contributed by atoms with Gasteiger partial charge in [-0.1, -0.05) is 45.7 Å². The van der Waals surface area contributed by atoms with Crippen LogP contribution in [0.2, 0.25) is 5.02 Å². The summed E-state index contributed by atoms with van der Waals surface area (Å²) in [7, 11) is 1.57. The van der Waals surface area contributed by atoms with E-state index in [0.717, 1.165) is 32.6 Å². The number of hydrogen-bond donors (Lipinski definition) is 2. The predicted molar refractivity (Wildman–Crippen MR) is 145 cm³/mol. The van der Waals surface area contributed by atoms with Crippen molar-refractivity contribution in [3.8, 4) is 5.88 Å². The van der Waals surface area contributed by atoms with Crippen LogP contribution >= 0.6 is 27.5 Å². The zero-order chi connectivity index (χ0) is 26.2. The standard InChI is InChI=1S/C29H26BrClF2N2O2/c1-37-28-24(14-19-12-20(30)5-9-26(19)35-28)27(17-2-6-21(31)7-3-17)29(36)10-11-34-23(16-29)13-18-4-8-22(32)15-25(18)33/h2-9,12,14-15,23,27,34,36H,10-11,13,16H2,1H3. The number of benzene rings is 3. The van der Waals surface area contributed by atoms with Crippen molar-refractivity contribution in [2.75, 3.05) is 13.7 Å². The molecule has 37 heavy (non-hydrogen) atoms. The number of aromatic nitrogens is 1. The second-order valence-corrected chi connectivity index (χ2v) is 10.9. The normalized spacial score (nSPS) is 20.6. The number of hydrogen-bond acceptors (Lipinski definition) is 4. The minimum Gasteiger partial charge on any atom is -0.481 e. The third-order valence-electron chi connectivity index (χ3n) is 7.09. The Morgan fingerprint density at radius 3 is 2.65 bits per heavy atom. The molecule has 3 aromatic carbocycles. The van der Waals surface area contributed by atoms with Crippen LogP contribution < -0.4 is 10.1 Å². The van der Waals surface area contributed by atoms with Crippen molar-refractivity contribution in [3.05, 3.63) is 105 Å². The summed E-state index contributed by atoms with van der Waals surface area (Å²) in [6, 6.07) is 18.6. The van der Waals surface area contributed by atoms with Crippen LogP contribution in [0.3, 0.4) is 0 Å². The molecule has 0 radical (unpaired) electrons. The van der Waals surface area contributed by atoms with E-state index in [-0.39, 0.29) is 6.04 Å². The molecule has 0 bridgehead atoms. The van der Waals surface area contributed by atoms with Crippen molar-refractivity contribution in [1.29, 1.82) is 0 Å². The smallest absolute Gasteiger partial charge is 0.217 e. The molecule has 0 aliphatic carbocycles. The fourth-order valence-corrected chi connectivity index (χ4v) is 5.91.